The van der Waals surface area contributed by atoms with E-state index in [-0.39, 0.29) is 5.91 Å². The van der Waals surface area contributed by atoms with Gasteiger partial charge in [-0.2, -0.15) is 15.2 Å². The van der Waals surface area contributed by atoms with Crippen molar-refractivity contribution in [3.63, 3.8) is 0 Å². The van der Waals surface area contributed by atoms with Crippen molar-refractivity contribution in [3.8, 4) is 0 Å². The molecule has 0 radical (unpaired) electrons. The first kappa shape index (κ1) is 18.6. The van der Waals surface area contributed by atoms with Crippen LogP contribution in [0.3, 0.4) is 0 Å². The fraction of sp³-hybridized carbons (Fsp3) is 0.550. The van der Waals surface area contributed by atoms with E-state index in [1.54, 1.807) is 4.52 Å². The van der Waals surface area contributed by atoms with E-state index in [1.165, 1.54) is 17.6 Å². The number of hydrogen-bond acceptors (Lipinski definition) is 5. The van der Waals surface area contributed by atoms with Crippen LogP contribution < -0.4 is 0 Å². The highest BCUT2D eigenvalue weighted by molar-refractivity contribution is 5.76. The number of carbonyl (C=O) groups excluding carboxylic acids is 1. The SMILES string of the molecule is CCc1cn[nH]c1[C@H]1CCCN(C(=O)CCc2c(C)nc3ncnn3c2C)C1. The molecule has 0 spiro atoms. The molecule has 28 heavy (non-hydrogen) atoms. The van der Waals surface area contributed by atoms with Crippen molar-refractivity contribution in [1.29, 1.82) is 0 Å². The standard InChI is InChI=1S/C20H27N7O/c1-4-15-10-22-25-19(15)16-6-5-9-26(11-16)18(28)8-7-17-13(2)24-20-21-12-23-27(20)14(17)3/h10,12,16H,4-9,11H2,1-3H3,(H,22,25)/t16-/m0/s1. The maximum absolute atomic E-state index is 12.9. The van der Waals surface area contributed by atoms with Crippen molar-refractivity contribution in [3.05, 3.63) is 40.7 Å². The van der Waals surface area contributed by atoms with Gasteiger partial charge >= 0.3 is 0 Å². The first-order chi connectivity index (χ1) is 13.6. The summed E-state index contributed by atoms with van der Waals surface area (Å²) in [5, 5.41) is 11.6. The highest BCUT2D eigenvalue weighted by Gasteiger charge is 2.27. The molecule has 8 nitrogen and oxygen atoms in total. The highest BCUT2D eigenvalue weighted by atomic mass is 16.2. The number of H-pyrrole nitrogens is 1. The van der Waals surface area contributed by atoms with Gasteiger partial charge in [-0.1, -0.05) is 6.92 Å². The van der Waals surface area contributed by atoms with Crippen LogP contribution >= 0.6 is 0 Å². The molecule has 0 aliphatic carbocycles. The zero-order chi connectivity index (χ0) is 19.7. The summed E-state index contributed by atoms with van der Waals surface area (Å²) in [6.45, 7) is 7.74. The van der Waals surface area contributed by atoms with E-state index in [0.717, 1.165) is 49.3 Å². The zero-order valence-corrected chi connectivity index (χ0v) is 16.8. The fourth-order valence-electron chi connectivity index (χ4n) is 4.30. The second-order valence-corrected chi connectivity index (χ2v) is 7.57. The Morgan fingerprint density at radius 2 is 2.21 bits per heavy atom. The Bertz CT molecular complexity index is 990. The number of aryl methyl sites for hydroxylation is 3. The van der Waals surface area contributed by atoms with Crippen molar-refractivity contribution < 1.29 is 4.79 Å². The first-order valence-corrected chi connectivity index (χ1v) is 10.0. The summed E-state index contributed by atoms with van der Waals surface area (Å²) in [7, 11) is 0. The molecule has 3 aromatic rings. The second kappa shape index (κ2) is 7.69. The van der Waals surface area contributed by atoms with Crippen LogP contribution in [0.15, 0.2) is 12.5 Å². The number of amides is 1. The maximum Gasteiger partial charge on any atom is 0.252 e. The molecule has 1 saturated heterocycles. The zero-order valence-electron chi connectivity index (χ0n) is 16.8. The van der Waals surface area contributed by atoms with E-state index in [0.29, 0.717) is 24.5 Å². The summed E-state index contributed by atoms with van der Waals surface area (Å²) in [6, 6.07) is 0. The molecular weight excluding hydrogens is 354 g/mol. The Kier molecular flexibility index (Phi) is 5.11. The topological polar surface area (TPSA) is 92.1 Å². The lowest BCUT2D eigenvalue weighted by molar-refractivity contribution is -0.132. The molecule has 0 unspecified atom stereocenters. The average molecular weight is 381 g/mol. The smallest absolute Gasteiger partial charge is 0.252 e. The number of nitrogens with one attached hydrogen (secondary N) is 1. The van der Waals surface area contributed by atoms with Gasteiger partial charge < -0.3 is 4.90 Å². The molecule has 8 heteroatoms. The van der Waals surface area contributed by atoms with E-state index >= 15 is 0 Å². The normalized spacial score (nSPS) is 17.4. The lowest BCUT2D eigenvalue weighted by Gasteiger charge is -2.33. The molecule has 4 heterocycles. The van der Waals surface area contributed by atoms with Crippen LogP contribution in [-0.4, -0.2) is 53.7 Å². The number of carbonyl (C=O) groups is 1. The minimum Gasteiger partial charge on any atom is -0.342 e. The number of likely N-dealkylation sites (tertiary alicyclic amines) is 1. The lowest BCUT2D eigenvalue weighted by atomic mass is 9.91. The summed E-state index contributed by atoms with van der Waals surface area (Å²) in [5.74, 6) is 1.17. The Morgan fingerprint density at radius 3 is 3.04 bits per heavy atom. The van der Waals surface area contributed by atoms with Gasteiger partial charge in [0.15, 0.2) is 0 Å². The van der Waals surface area contributed by atoms with Gasteiger partial charge in [0.2, 0.25) is 5.91 Å². The molecule has 1 amide bonds. The van der Waals surface area contributed by atoms with Crippen LogP contribution in [0.4, 0.5) is 0 Å². The van der Waals surface area contributed by atoms with Crippen molar-refractivity contribution in [2.24, 2.45) is 0 Å². The number of rotatable bonds is 5. The molecule has 148 valence electrons. The maximum atomic E-state index is 12.9. The highest BCUT2D eigenvalue weighted by Crippen LogP contribution is 2.28. The minimum absolute atomic E-state index is 0.208. The largest absolute Gasteiger partial charge is 0.342 e. The van der Waals surface area contributed by atoms with Gasteiger partial charge in [-0.3, -0.25) is 9.89 Å². The fourth-order valence-corrected chi connectivity index (χ4v) is 4.30. The Labute approximate surface area is 164 Å². The summed E-state index contributed by atoms with van der Waals surface area (Å²) >= 11 is 0. The van der Waals surface area contributed by atoms with Crippen molar-refractivity contribution in [2.75, 3.05) is 13.1 Å². The van der Waals surface area contributed by atoms with Crippen LogP contribution in [0.2, 0.25) is 0 Å². The monoisotopic (exact) mass is 381 g/mol. The van der Waals surface area contributed by atoms with Crippen LogP contribution in [0.25, 0.3) is 5.78 Å². The molecule has 0 saturated carbocycles. The lowest BCUT2D eigenvalue weighted by Crippen LogP contribution is -2.39. The van der Waals surface area contributed by atoms with Gasteiger partial charge in [0, 0.05) is 42.5 Å². The molecule has 1 aliphatic heterocycles. The Morgan fingerprint density at radius 1 is 1.36 bits per heavy atom. The predicted octanol–water partition coefficient (Wildman–Crippen LogP) is 2.37. The predicted molar refractivity (Wildman–Crippen MR) is 105 cm³/mol. The molecular formula is C20H27N7O. The molecule has 1 aliphatic rings. The third kappa shape index (κ3) is 3.39. The van der Waals surface area contributed by atoms with Gasteiger partial charge in [0.1, 0.15) is 6.33 Å². The minimum atomic E-state index is 0.208. The summed E-state index contributed by atoms with van der Waals surface area (Å²) in [5.41, 5.74) is 5.48. The van der Waals surface area contributed by atoms with E-state index in [4.69, 9.17) is 0 Å². The van der Waals surface area contributed by atoms with Crippen LogP contribution in [0.5, 0.6) is 0 Å². The third-order valence-corrected chi connectivity index (χ3v) is 5.89. The molecule has 1 fully saturated rings. The number of hydrogen-bond donors (Lipinski definition) is 1. The van der Waals surface area contributed by atoms with Gasteiger partial charge in [-0.25, -0.2) is 9.50 Å². The summed E-state index contributed by atoms with van der Waals surface area (Å²) in [4.78, 5) is 23.6. The quantitative estimate of drug-likeness (QED) is 0.732. The van der Waals surface area contributed by atoms with Crippen molar-refractivity contribution in [1.82, 2.24) is 34.7 Å². The molecule has 0 aromatic carbocycles. The van der Waals surface area contributed by atoms with Crippen LogP contribution in [0.1, 0.15) is 60.3 Å². The Balaban J connectivity index is 1.44. The molecule has 4 rings (SSSR count). The Hall–Kier alpha value is -2.77. The average Bonchev–Trinajstić information content (AvgIpc) is 3.36. The van der Waals surface area contributed by atoms with E-state index in [1.807, 2.05) is 24.9 Å². The van der Waals surface area contributed by atoms with E-state index < -0.39 is 0 Å². The number of fused-ring (bicyclic) bond motifs is 1. The van der Waals surface area contributed by atoms with Gasteiger partial charge in [0.25, 0.3) is 5.78 Å². The molecule has 3 aromatic heterocycles. The number of piperidine rings is 1. The molecule has 1 N–H and O–H groups in total. The van der Waals surface area contributed by atoms with Crippen molar-refractivity contribution in [2.45, 2.75) is 58.8 Å². The van der Waals surface area contributed by atoms with E-state index in [2.05, 4.69) is 32.2 Å². The van der Waals surface area contributed by atoms with Gasteiger partial charge in [-0.15, -0.1) is 0 Å². The molecule has 1 atom stereocenters. The van der Waals surface area contributed by atoms with Crippen LogP contribution in [-0.2, 0) is 17.6 Å². The second-order valence-electron chi connectivity index (χ2n) is 7.57. The summed E-state index contributed by atoms with van der Waals surface area (Å²) in [6.07, 6.45) is 7.68. The van der Waals surface area contributed by atoms with Crippen molar-refractivity contribution >= 4 is 11.7 Å². The van der Waals surface area contributed by atoms with E-state index in [9.17, 15) is 4.79 Å². The van der Waals surface area contributed by atoms with Gasteiger partial charge in [-0.05, 0) is 50.7 Å². The number of nitrogens with zero attached hydrogens (tertiary/aromatic N) is 6. The van der Waals surface area contributed by atoms with Crippen LogP contribution in [0, 0.1) is 13.8 Å². The molecule has 0 bridgehead atoms. The van der Waals surface area contributed by atoms with Gasteiger partial charge in [0.05, 0.1) is 6.20 Å². The number of aromatic nitrogens is 6. The first-order valence-electron chi connectivity index (χ1n) is 10.0. The third-order valence-electron chi connectivity index (χ3n) is 5.89. The summed E-state index contributed by atoms with van der Waals surface area (Å²) < 4.78 is 1.74. The number of aromatic amines is 1.